The van der Waals surface area contributed by atoms with Crippen molar-refractivity contribution in [2.45, 2.75) is 279 Å². The first-order valence-electron chi connectivity index (χ1n) is 25.1. The minimum atomic E-state index is -0.763. The Balaban J connectivity index is 4.33. The van der Waals surface area contributed by atoms with Gasteiger partial charge in [-0.05, 0) is 37.0 Å². The summed E-state index contributed by atoms with van der Waals surface area (Å²) in [7, 11) is 0. The van der Waals surface area contributed by atoms with Crippen LogP contribution in [-0.4, -0.2) is 37.2 Å². The number of ether oxygens (including phenoxy) is 3. The summed E-state index contributed by atoms with van der Waals surface area (Å²) < 4.78 is 16.8. The van der Waals surface area contributed by atoms with Crippen molar-refractivity contribution in [3.8, 4) is 0 Å². The summed E-state index contributed by atoms with van der Waals surface area (Å²) in [6.07, 6.45) is 40.8. The highest BCUT2D eigenvalue weighted by molar-refractivity contribution is 5.71. The predicted octanol–water partition coefficient (Wildman–Crippen LogP) is 16.0. The molecule has 0 radical (unpaired) electrons. The summed E-state index contributed by atoms with van der Waals surface area (Å²) in [4.78, 5) is 37.9. The standard InChI is InChI=1S/C51H98O6/c1-7-47(6)39-33-27-21-17-18-24-30-36-42-51(54)57-48(44-56-50(53)41-35-29-23-16-12-14-20-26-32-38-46(4)5)43-55-49(52)40-34-28-22-15-11-9-8-10-13-19-25-31-37-45(2)3/h45-48H,7-44H2,1-6H3/t47?,48-/m1/s1. The van der Waals surface area contributed by atoms with E-state index in [1.165, 1.54) is 154 Å². The van der Waals surface area contributed by atoms with Crippen LogP contribution >= 0.6 is 0 Å². The SMILES string of the molecule is CCC(C)CCCCCCCCCCC(=O)O[C@H](COC(=O)CCCCCCCCCCCCCCC(C)C)COC(=O)CCCCCCCCCCCC(C)C. The van der Waals surface area contributed by atoms with E-state index in [-0.39, 0.29) is 31.1 Å². The van der Waals surface area contributed by atoms with Crippen molar-refractivity contribution in [2.75, 3.05) is 13.2 Å². The predicted molar refractivity (Wildman–Crippen MR) is 243 cm³/mol. The third kappa shape index (κ3) is 43.8. The molecule has 0 fully saturated rings. The lowest BCUT2D eigenvalue weighted by Crippen LogP contribution is -2.30. The first kappa shape index (κ1) is 55.4. The van der Waals surface area contributed by atoms with Crippen molar-refractivity contribution in [1.82, 2.24) is 0 Å². The van der Waals surface area contributed by atoms with Gasteiger partial charge in [0, 0.05) is 19.3 Å². The third-order valence-electron chi connectivity index (χ3n) is 11.8. The molecule has 2 atom stereocenters. The Morgan fingerprint density at radius 1 is 0.351 bits per heavy atom. The minimum Gasteiger partial charge on any atom is -0.462 e. The molecule has 0 aromatic heterocycles. The van der Waals surface area contributed by atoms with Gasteiger partial charge >= 0.3 is 17.9 Å². The van der Waals surface area contributed by atoms with Gasteiger partial charge in [-0.25, -0.2) is 0 Å². The number of hydrogen-bond donors (Lipinski definition) is 0. The summed E-state index contributed by atoms with van der Waals surface area (Å²) >= 11 is 0. The number of esters is 3. The van der Waals surface area contributed by atoms with Crippen LogP contribution in [0.5, 0.6) is 0 Å². The maximum absolute atomic E-state index is 12.8. The highest BCUT2D eigenvalue weighted by Crippen LogP contribution is 2.18. The lowest BCUT2D eigenvalue weighted by Gasteiger charge is -2.18. The monoisotopic (exact) mass is 807 g/mol. The third-order valence-corrected chi connectivity index (χ3v) is 11.8. The molecule has 6 heteroatoms. The first-order valence-corrected chi connectivity index (χ1v) is 25.1. The van der Waals surface area contributed by atoms with E-state index in [9.17, 15) is 14.4 Å². The smallest absolute Gasteiger partial charge is 0.306 e. The van der Waals surface area contributed by atoms with Gasteiger partial charge in [0.05, 0.1) is 0 Å². The van der Waals surface area contributed by atoms with Gasteiger partial charge in [0.25, 0.3) is 0 Å². The Kier molecular flexibility index (Phi) is 41.3. The van der Waals surface area contributed by atoms with E-state index < -0.39 is 6.10 Å². The molecule has 0 aromatic carbocycles. The fourth-order valence-electron chi connectivity index (χ4n) is 7.55. The number of hydrogen-bond acceptors (Lipinski definition) is 6. The second kappa shape index (κ2) is 42.5. The van der Waals surface area contributed by atoms with E-state index >= 15 is 0 Å². The van der Waals surface area contributed by atoms with Crippen molar-refractivity contribution >= 4 is 17.9 Å². The van der Waals surface area contributed by atoms with Gasteiger partial charge in [-0.2, -0.15) is 0 Å². The average molecular weight is 807 g/mol. The van der Waals surface area contributed by atoms with Crippen molar-refractivity contribution < 1.29 is 28.6 Å². The lowest BCUT2D eigenvalue weighted by atomic mass is 9.99. The minimum absolute atomic E-state index is 0.0654. The Labute approximate surface area is 355 Å². The van der Waals surface area contributed by atoms with Gasteiger partial charge in [0.15, 0.2) is 6.10 Å². The molecule has 0 spiro atoms. The van der Waals surface area contributed by atoms with Crippen LogP contribution in [0.3, 0.4) is 0 Å². The van der Waals surface area contributed by atoms with Crippen LogP contribution in [0.15, 0.2) is 0 Å². The van der Waals surface area contributed by atoms with Crippen LogP contribution < -0.4 is 0 Å². The average Bonchev–Trinajstić information content (AvgIpc) is 3.18. The van der Waals surface area contributed by atoms with Gasteiger partial charge in [0.1, 0.15) is 13.2 Å². The summed E-state index contributed by atoms with van der Waals surface area (Å²) in [6, 6.07) is 0. The Bertz CT molecular complexity index is 885. The van der Waals surface area contributed by atoms with Crippen LogP contribution in [0, 0.1) is 17.8 Å². The van der Waals surface area contributed by atoms with E-state index in [4.69, 9.17) is 14.2 Å². The maximum atomic E-state index is 12.8. The van der Waals surface area contributed by atoms with E-state index in [0.717, 1.165) is 75.5 Å². The molecule has 0 N–H and O–H groups in total. The normalized spacial score (nSPS) is 12.6. The molecule has 0 aliphatic rings. The molecule has 0 rings (SSSR count). The molecular weight excluding hydrogens is 709 g/mol. The molecule has 0 aliphatic carbocycles. The molecular formula is C51H98O6. The van der Waals surface area contributed by atoms with E-state index in [1.807, 2.05) is 0 Å². The number of unbranched alkanes of at least 4 members (excludes halogenated alkanes) is 26. The maximum Gasteiger partial charge on any atom is 0.306 e. The molecule has 0 heterocycles. The fraction of sp³-hybridized carbons (Fsp3) is 0.941. The fourth-order valence-corrected chi connectivity index (χ4v) is 7.55. The zero-order valence-corrected chi connectivity index (χ0v) is 39.1. The van der Waals surface area contributed by atoms with Gasteiger partial charge in [-0.15, -0.1) is 0 Å². The molecule has 0 saturated carbocycles. The van der Waals surface area contributed by atoms with Crippen LogP contribution in [-0.2, 0) is 28.6 Å². The molecule has 338 valence electrons. The van der Waals surface area contributed by atoms with E-state index in [2.05, 4.69) is 41.5 Å². The van der Waals surface area contributed by atoms with E-state index in [1.54, 1.807) is 0 Å². The van der Waals surface area contributed by atoms with Crippen molar-refractivity contribution in [2.24, 2.45) is 17.8 Å². The van der Waals surface area contributed by atoms with Crippen molar-refractivity contribution in [3.05, 3.63) is 0 Å². The van der Waals surface area contributed by atoms with Gasteiger partial charge in [-0.3, -0.25) is 14.4 Å². The summed E-state index contributed by atoms with van der Waals surface area (Å²) in [6.45, 7) is 13.7. The molecule has 0 aromatic rings. The van der Waals surface area contributed by atoms with Crippen LogP contribution in [0.4, 0.5) is 0 Å². The van der Waals surface area contributed by atoms with Crippen LogP contribution in [0.2, 0.25) is 0 Å². The number of carbonyl (C=O) groups is 3. The zero-order valence-electron chi connectivity index (χ0n) is 39.1. The quantitative estimate of drug-likeness (QED) is 0.0347. The summed E-state index contributed by atoms with van der Waals surface area (Å²) in [5.74, 6) is 1.63. The second-order valence-electron chi connectivity index (χ2n) is 18.6. The molecule has 0 amide bonds. The molecule has 0 aliphatic heterocycles. The number of carbonyl (C=O) groups excluding carboxylic acids is 3. The molecule has 57 heavy (non-hydrogen) atoms. The molecule has 6 nitrogen and oxygen atoms in total. The van der Waals surface area contributed by atoms with Crippen molar-refractivity contribution in [3.63, 3.8) is 0 Å². The Morgan fingerprint density at radius 3 is 0.912 bits per heavy atom. The van der Waals surface area contributed by atoms with Gasteiger partial charge < -0.3 is 14.2 Å². The lowest BCUT2D eigenvalue weighted by molar-refractivity contribution is -0.167. The first-order chi connectivity index (χ1) is 27.6. The summed E-state index contributed by atoms with van der Waals surface area (Å²) in [5.41, 5.74) is 0. The van der Waals surface area contributed by atoms with Gasteiger partial charge in [-0.1, -0.05) is 234 Å². The Hall–Kier alpha value is -1.59. The highest BCUT2D eigenvalue weighted by atomic mass is 16.6. The second-order valence-corrected chi connectivity index (χ2v) is 18.6. The largest absolute Gasteiger partial charge is 0.462 e. The van der Waals surface area contributed by atoms with E-state index in [0.29, 0.717) is 19.3 Å². The molecule has 1 unspecified atom stereocenters. The Morgan fingerprint density at radius 2 is 0.614 bits per heavy atom. The van der Waals surface area contributed by atoms with Crippen molar-refractivity contribution in [1.29, 1.82) is 0 Å². The summed E-state index contributed by atoms with van der Waals surface area (Å²) in [5, 5.41) is 0. The molecule has 0 bridgehead atoms. The highest BCUT2D eigenvalue weighted by Gasteiger charge is 2.19. The topological polar surface area (TPSA) is 78.9 Å². The molecule has 0 saturated heterocycles. The van der Waals surface area contributed by atoms with Gasteiger partial charge in [0.2, 0.25) is 0 Å². The zero-order chi connectivity index (χ0) is 42.0. The van der Waals surface area contributed by atoms with Crippen LogP contribution in [0.1, 0.15) is 273 Å². The van der Waals surface area contributed by atoms with Crippen LogP contribution in [0.25, 0.3) is 0 Å². The number of rotatable bonds is 44.